The van der Waals surface area contributed by atoms with E-state index in [1.165, 1.54) is 23.4 Å². The smallest absolute Gasteiger partial charge is 0.232 e. The van der Waals surface area contributed by atoms with Crippen LogP contribution >= 0.6 is 11.6 Å². The van der Waals surface area contributed by atoms with Crippen LogP contribution in [-0.4, -0.2) is 58.2 Å². The van der Waals surface area contributed by atoms with Crippen LogP contribution in [0.5, 0.6) is 0 Å². The fourth-order valence-corrected chi connectivity index (χ4v) is 4.78. The number of nitrogens with zero attached hydrogens (tertiary/aromatic N) is 2. The van der Waals surface area contributed by atoms with E-state index >= 15 is 0 Å². The SMILES string of the molecule is Cc1ccc(Cl)cc1N(CCCC(=O)NCCCN1CCC(C)CC1)S(C)(=O)=O. The van der Waals surface area contributed by atoms with E-state index in [1.807, 2.05) is 6.92 Å². The number of hydrogen-bond acceptors (Lipinski definition) is 4. The molecule has 8 heteroatoms. The van der Waals surface area contributed by atoms with Crippen LogP contribution in [-0.2, 0) is 14.8 Å². The highest BCUT2D eigenvalue weighted by Crippen LogP contribution is 2.26. The monoisotopic (exact) mass is 443 g/mol. The van der Waals surface area contributed by atoms with Crippen LogP contribution in [0.25, 0.3) is 0 Å². The Balaban J connectivity index is 1.73. The number of carbonyl (C=O) groups is 1. The van der Waals surface area contributed by atoms with Gasteiger partial charge in [-0.05, 0) is 75.9 Å². The van der Waals surface area contributed by atoms with Crippen LogP contribution < -0.4 is 9.62 Å². The summed E-state index contributed by atoms with van der Waals surface area (Å²) in [7, 11) is -3.46. The molecule has 2 rings (SSSR count). The van der Waals surface area contributed by atoms with Gasteiger partial charge >= 0.3 is 0 Å². The van der Waals surface area contributed by atoms with Gasteiger partial charge in [0.2, 0.25) is 15.9 Å². The Bertz CT molecular complexity index is 777. The molecule has 1 aromatic carbocycles. The zero-order valence-corrected chi connectivity index (χ0v) is 19.4. The van der Waals surface area contributed by atoms with Gasteiger partial charge in [0, 0.05) is 24.5 Å². The molecule has 1 aliphatic rings. The number of anilines is 1. The zero-order valence-electron chi connectivity index (χ0n) is 17.8. The lowest BCUT2D eigenvalue weighted by atomic mass is 9.99. The summed E-state index contributed by atoms with van der Waals surface area (Å²) in [5.41, 5.74) is 1.40. The van der Waals surface area contributed by atoms with Crippen LogP contribution in [0, 0.1) is 12.8 Å². The summed E-state index contributed by atoms with van der Waals surface area (Å²) in [6.07, 6.45) is 5.39. The Morgan fingerprint density at radius 2 is 1.97 bits per heavy atom. The van der Waals surface area contributed by atoms with Gasteiger partial charge in [0.15, 0.2) is 0 Å². The highest BCUT2D eigenvalue weighted by atomic mass is 35.5. The summed E-state index contributed by atoms with van der Waals surface area (Å²) in [5.74, 6) is 0.793. The quantitative estimate of drug-likeness (QED) is 0.562. The number of rotatable bonds is 10. The van der Waals surface area contributed by atoms with Gasteiger partial charge < -0.3 is 10.2 Å². The van der Waals surface area contributed by atoms with E-state index in [0.29, 0.717) is 30.1 Å². The van der Waals surface area contributed by atoms with Crippen molar-refractivity contribution in [3.8, 4) is 0 Å². The largest absolute Gasteiger partial charge is 0.356 e. The van der Waals surface area contributed by atoms with Crippen LogP contribution in [0.1, 0.15) is 44.6 Å². The molecule has 0 unspecified atom stereocenters. The summed E-state index contributed by atoms with van der Waals surface area (Å²) in [4.78, 5) is 14.6. The Kier molecular flexibility index (Phi) is 9.24. The molecule has 1 amide bonds. The maximum absolute atomic E-state index is 12.2. The minimum absolute atomic E-state index is 0.0338. The predicted molar refractivity (Wildman–Crippen MR) is 120 cm³/mol. The molecule has 1 aliphatic heterocycles. The normalized spacial score (nSPS) is 16.0. The molecule has 0 atom stereocenters. The molecule has 1 saturated heterocycles. The molecule has 0 spiro atoms. The number of sulfonamides is 1. The minimum Gasteiger partial charge on any atom is -0.356 e. The van der Waals surface area contributed by atoms with Crippen molar-refractivity contribution in [3.05, 3.63) is 28.8 Å². The van der Waals surface area contributed by atoms with Crippen molar-refractivity contribution in [1.82, 2.24) is 10.2 Å². The number of piperidine rings is 1. The highest BCUT2D eigenvalue weighted by Gasteiger charge is 2.20. The first kappa shape index (κ1) is 24.0. The van der Waals surface area contributed by atoms with E-state index in [-0.39, 0.29) is 12.5 Å². The van der Waals surface area contributed by atoms with E-state index in [0.717, 1.165) is 37.5 Å². The number of carbonyl (C=O) groups excluding carboxylic acids is 1. The Morgan fingerprint density at radius 1 is 1.28 bits per heavy atom. The fraction of sp³-hybridized carbons (Fsp3) is 0.667. The average molecular weight is 444 g/mol. The van der Waals surface area contributed by atoms with Crippen molar-refractivity contribution >= 4 is 33.2 Å². The number of likely N-dealkylation sites (tertiary alicyclic amines) is 1. The number of halogens is 1. The molecule has 164 valence electrons. The fourth-order valence-electron chi connectivity index (χ4n) is 3.60. The molecule has 0 bridgehead atoms. The molecule has 0 radical (unpaired) electrons. The standard InChI is InChI=1S/C21H34ClN3O3S/c1-17-9-14-24(15-10-17)12-5-11-23-21(26)6-4-13-25(29(3,27)28)20-16-19(22)8-7-18(20)2/h7-8,16-17H,4-6,9-15H2,1-3H3,(H,23,26). The molecule has 6 nitrogen and oxygen atoms in total. The lowest BCUT2D eigenvalue weighted by molar-refractivity contribution is -0.121. The van der Waals surface area contributed by atoms with Crippen molar-refractivity contribution in [2.45, 2.75) is 46.0 Å². The lowest BCUT2D eigenvalue weighted by Crippen LogP contribution is -2.35. The van der Waals surface area contributed by atoms with Crippen molar-refractivity contribution in [3.63, 3.8) is 0 Å². The Labute approximate surface area is 180 Å². The Morgan fingerprint density at radius 3 is 2.62 bits per heavy atom. The van der Waals surface area contributed by atoms with E-state index in [4.69, 9.17) is 11.6 Å². The topological polar surface area (TPSA) is 69.7 Å². The third-order valence-corrected chi connectivity index (χ3v) is 6.87. The van der Waals surface area contributed by atoms with Crippen LogP contribution in [0.2, 0.25) is 5.02 Å². The summed E-state index contributed by atoms with van der Waals surface area (Å²) in [5, 5.41) is 3.44. The third kappa shape index (κ3) is 8.15. The van der Waals surface area contributed by atoms with Crippen molar-refractivity contribution in [2.75, 3.05) is 43.3 Å². The molecule has 1 aromatic rings. The molecule has 0 saturated carbocycles. The minimum atomic E-state index is -3.46. The van der Waals surface area contributed by atoms with Gasteiger partial charge in [0.05, 0.1) is 11.9 Å². The number of nitrogens with one attached hydrogen (secondary N) is 1. The molecular weight excluding hydrogens is 410 g/mol. The molecule has 1 N–H and O–H groups in total. The second-order valence-electron chi connectivity index (χ2n) is 8.10. The van der Waals surface area contributed by atoms with Gasteiger partial charge in [-0.15, -0.1) is 0 Å². The van der Waals surface area contributed by atoms with E-state index in [1.54, 1.807) is 18.2 Å². The summed E-state index contributed by atoms with van der Waals surface area (Å²) < 4.78 is 25.8. The number of benzene rings is 1. The summed E-state index contributed by atoms with van der Waals surface area (Å²) in [6, 6.07) is 5.18. The number of amides is 1. The van der Waals surface area contributed by atoms with Crippen molar-refractivity contribution in [2.24, 2.45) is 5.92 Å². The maximum Gasteiger partial charge on any atom is 0.232 e. The van der Waals surface area contributed by atoms with Gasteiger partial charge in [-0.1, -0.05) is 24.6 Å². The summed E-state index contributed by atoms with van der Waals surface area (Å²) in [6.45, 7) is 8.38. The molecule has 29 heavy (non-hydrogen) atoms. The van der Waals surface area contributed by atoms with E-state index in [9.17, 15) is 13.2 Å². The highest BCUT2D eigenvalue weighted by molar-refractivity contribution is 7.92. The van der Waals surface area contributed by atoms with E-state index in [2.05, 4.69) is 17.1 Å². The maximum atomic E-state index is 12.2. The second kappa shape index (κ2) is 11.2. The molecule has 0 aromatic heterocycles. The second-order valence-corrected chi connectivity index (χ2v) is 10.4. The van der Waals surface area contributed by atoms with Crippen LogP contribution in [0.15, 0.2) is 18.2 Å². The molecule has 1 heterocycles. The first-order valence-electron chi connectivity index (χ1n) is 10.4. The van der Waals surface area contributed by atoms with Gasteiger partial charge in [-0.3, -0.25) is 9.10 Å². The van der Waals surface area contributed by atoms with Crippen molar-refractivity contribution < 1.29 is 13.2 Å². The molecular formula is C21H34ClN3O3S. The van der Waals surface area contributed by atoms with Crippen LogP contribution in [0.3, 0.4) is 0 Å². The number of aryl methyl sites for hydroxylation is 1. The average Bonchev–Trinajstić information content (AvgIpc) is 2.65. The Hall–Kier alpha value is -1.31. The molecule has 0 aliphatic carbocycles. The number of hydrogen-bond donors (Lipinski definition) is 1. The summed E-state index contributed by atoms with van der Waals surface area (Å²) >= 11 is 6.04. The predicted octanol–water partition coefficient (Wildman–Crippen LogP) is 3.43. The molecule has 1 fully saturated rings. The van der Waals surface area contributed by atoms with Crippen molar-refractivity contribution in [1.29, 1.82) is 0 Å². The van der Waals surface area contributed by atoms with Crippen LogP contribution in [0.4, 0.5) is 5.69 Å². The van der Waals surface area contributed by atoms with Gasteiger partial charge in [-0.25, -0.2) is 8.42 Å². The zero-order chi connectivity index (χ0) is 21.4. The van der Waals surface area contributed by atoms with E-state index < -0.39 is 10.0 Å². The van der Waals surface area contributed by atoms with Gasteiger partial charge in [-0.2, -0.15) is 0 Å². The third-order valence-electron chi connectivity index (χ3n) is 5.45. The lowest BCUT2D eigenvalue weighted by Gasteiger charge is -2.30. The first-order valence-corrected chi connectivity index (χ1v) is 12.6. The van der Waals surface area contributed by atoms with Gasteiger partial charge in [0.1, 0.15) is 0 Å². The first-order chi connectivity index (χ1) is 13.7. The van der Waals surface area contributed by atoms with Gasteiger partial charge in [0.25, 0.3) is 0 Å².